The second-order valence-corrected chi connectivity index (χ2v) is 10.4. The fourth-order valence-electron chi connectivity index (χ4n) is 6.54. The third kappa shape index (κ3) is 4.13. The fourth-order valence-corrected chi connectivity index (χ4v) is 6.54. The molecule has 8 heteroatoms. The van der Waals surface area contributed by atoms with E-state index in [-0.39, 0.29) is 17.8 Å². The Balaban J connectivity index is 1.24. The lowest BCUT2D eigenvalue weighted by molar-refractivity contribution is -0.129. The maximum atomic E-state index is 13.8. The van der Waals surface area contributed by atoms with Crippen LogP contribution in [-0.4, -0.2) is 61.5 Å². The minimum absolute atomic E-state index is 0.0494. The van der Waals surface area contributed by atoms with Crippen molar-refractivity contribution < 1.29 is 14.3 Å². The number of benzene rings is 1. The summed E-state index contributed by atoms with van der Waals surface area (Å²) in [5.74, 6) is 2.42. The number of likely N-dealkylation sites (N-methyl/N-ethyl adjacent to an activating group) is 1. The number of carbonyl (C=O) groups is 1. The number of aliphatic imine (C=N–C) groups is 1. The number of Topliss-reactive ketones (excluding diaryl/α,β-unsaturated/α-hetero) is 1. The standard InChI is InChI=1S/C29H35N5O3/c1-32-25-16-30-18-34(26(25)17-31-32)33-12-10-19(11-13-33)24-15-23(21-6-4-5-7-22(21)29(24)35)20-8-9-27(36-2)28(14-20)37-3/h4-5,8-9,14-19,21-22,24,31H,6-7,10-13H2,1-3H3. The molecule has 1 aromatic carbocycles. The largest absolute Gasteiger partial charge is 0.493 e. The molecular formula is C29H35N5O3. The van der Waals surface area contributed by atoms with Gasteiger partial charge in [0, 0.05) is 38.2 Å². The Labute approximate surface area is 218 Å². The number of rotatable bonds is 5. The third-order valence-electron chi connectivity index (χ3n) is 8.57. The van der Waals surface area contributed by atoms with Crippen molar-refractivity contribution in [2.75, 3.05) is 34.4 Å². The predicted molar refractivity (Wildman–Crippen MR) is 143 cm³/mol. The molecule has 5 aliphatic rings. The number of ketones is 1. The summed E-state index contributed by atoms with van der Waals surface area (Å²) in [5, 5.41) is 6.47. The van der Waals surface area contributed by atoms with E-state index in [0.29, 0.717) is 11.7 Å². The molecule has 3 heterocycles. The van der Waals surface area contributed by atoms with E-state index in [1.165, 1.54) is 5.57 Å². The van der Waals surface area contributed by atoms with Gasteiger partial charge < -0.3 is 14.9 Å². The maximum absolute atomic E-state index is 13.8. The Bertz CT molecular complexity index is 1220. The van der Waals surface area contributed by atoms with Crippen LogP contribution in [0.4, 0.5) is 0 Å². The number of fused-ring (bicyclic) bond motifs is 2. The van der Waals surface area contributed by atoms with Crippen molar-refractivity contribution in [3.05, 3.63) is 65.8 Å². The highest BCUT2D eigenvalue weighted by atomic mass is 16.5. The van der Waals surface area contributed by atoms with E-state index >= 15 is 0 Å². The van der Waals surface area contributed by atoms with Gasteiger partial charge in [0.25, 0.3) is 0 Å². The van der Waals surface area contributed by atoms with Crippen LogP contribution < -0.4 is 14.9 Å². The first-order chi connectivity index (χ1) is 18.1. The van der Waals surface area contributed by atoms with Crippen molar-refractivity contribution in [2.24, 2.45) is 28.7 Å². The molecule has 2 aliphatic carbocycles. The molecule has 0 bridgehead atoms. The van der Waals surface area contributed by atoms with E-state index in [9.17, 15) is 4.79 Å². The maximum Gasteiger partial charge on any atom is 0.161 e. The molecule has 3 unspecified atom stereocenters. The Morgan fingerprint density at radius 2 is 1.76 bits per heavy atom. The first-order valence-electron chi connectivity index (χ1n) is 13.2. The molecule has 1 aromatic rings. The van der Waals surface area contributed by atoms with Crippen molar-refractivity contribution in [2.45, 2.75) is 25.7 Å². The summed E-state index contributed by atoms with van der Waals surface area (Å²) in [7, 11) is 5.32. The van der Waals surface area contributed by atoms with E-state index < -0.39 is 0 Å². The van der Waals surface area contributed by atoms with Gasteiger partial charge in [-0.1, -0.05) is 24.3 Å². The molecule has 1 saturated heterocycles. The highest BCUT2D eigenvalue weighted by Gasteiger charge is 2.43. The van der Waals surface area contributed by atoms with Gasteiger partial charge in [-0.05, 0) is 60.8 Å². The van der Waals surface area contributed by atoms with Crippen LogP contribution in [0, 0.1) is 23.7 Å². The van der Waals surface area contributed by atoms with E-state index in [2.05, 4.69) is 50.8 Å². The molecule has 8 nitrogen and oxygen atoms in total. The zero-order valence-electron chi connectivity index (χ0n) is 21.8. The first-order valence-corrected chi connectivity index (χ1v) is 13.2. The highest BCUT2D eigenvalue weighted by molar-refractivity contribution is 5.93. The van der Waals surface area contributed by atoms with Gasteiger partial charge in [-0.15, -0.1) is 0 Å². The second-order valence-electron chi connectivity index (χ2n) is 10.4. The van der Waals surface area contributed by atoms with Crippen LogP contribution >= 0.6 is 0 Å². The van der Waals surface area contributed by atoms with Crippen LogP contribution in [0.25, 0.3) is 5.57 Å². The van der Waals surface area contributed by atoms with Gasteiger partial charge in [0.2, 0.25) is 0 Å². The summed E-state index contributed by atoms with van der Waals surface area (Å²) in [6, 6.07) is 6.15. The molecule has 0 spiro atoms. The third-order valence-corrected chi connectivity index (χ3v) is 8.57. The normalized spacial score (nSPS) is 27.7. The zero-order valence-corrected chi connectivity index (χ0v) is 21.8. The number of methoxy groups -OCH3 is 2. The number of ether oxygens (including phenoxy) is 2. The molecule has 1 N–H and O–H groups in total. The lowest BCUT2D eigenvalue weighted by atomic mass is 9.64. The summed E-state index contributed by atoms with van der Waals surface area (Å²) >= 11 is 0. The monoisotopic (exact) mass is 501 g/mol. The molecule has 6 rings (SSSR count). The fraction of sp³-hybridized carbons (Fsp3) is 0.448. The Hall–Kier alpha value is -3.52. The van der Waals surface area contributed by atoms with Crippen LogP contribution in [0.1, 0.15) is 31.2 Å². The molecule has 3 aliphatic heterocycles. The van der Waals surface area contributed by atoms with Crippen LogP contribution in [0.15, 0.2) is 65.2 Å². The Kier molecular flexibility index (Phi) is 6.28. The molecule has 0 amide bonds. The minimum atomic E-state index is -0.0537. The van der Waals surface area contributed by atoms with Crippen molar-refractivity contribution in [3.63, 3.8) is 0 Å². The van der Waals surface area contributed by atoms with Gasteiger partial charge >= 0.3 is 0 Å². The van der Waals surface area contributed by atoms with Crippen LogP contribution in [0.5, 0.6) is 11.5 Å². The van der Waals surface area contributed by atoms with Gasteiger partial charge in [-0.25, -0.2) is 10.0 Å². The molecule has 0 aromatic heterocycles. The number of hydrazine groups is 2. The average Bonchev–Trinajstić information content (AvgIpc) is 3.34. The van der Waals surface area contributed by atoms with E-state index in [4.69, 9.17) is 9.47 Å². The van der Waals surface area contributed by atoms with Gasteiger partial charge in [0.05, 0.1) is 20.4 Å². The van der Waals surface area contributed by atoms with Gasteiger partial charge in [0.15, 0.2) is 11.5 Å². The molecule has 0 radical (unpaired) electrons. The zero-order chi connectivity index (χ0) is 25.5. The lowest BCUT2D eigenvalue weighted by Crippen LogP contribution is -2.49. The minimum Gasteiger partial charge on any atom is -0.493 e. The van der Waals surface area contributed by atoms with Crippen LogP contribution in [0.2, 0.25) is 0 Å². The molecule has 0 saturated carbocycles. The van der Waals surface area contributed by atoms with E-state index in [0.717, 1.165) is 67.2 Å². The lowest BCUT2D eigenvalue weighted by Gasteiger charge is -2.44. The molecular weight excluding hydrogens is 466 g/mol. The number of nitrogens with zero attached hydrogens (tertiary/aromatic N) is 4. The van der Waals surface area contributed by atoms with Gasteiger partial charge in [-0.3, -0.25) is 14.8 Å². The summed E-state index contributed by atoms with van der Waals surface area (Å²) in [5.41, 5.74) is 7.82. The molecule has 3 atom stereocenters. The SMILES string of the molecule is COc1ccc(C2=CC(C3CCN(N4C=NC=C5C4=CNN5C)CC3)C(=O)C3CC=CCC23)cc1OC. The smallest absolute Gasteiger partial charge is 0.161 e. The summed E-state index contributed by atoms with van der Waals surface area (Å²) in [6.45, 7) is 1.78. The number of allylic oxidation sites excluding steroid dienone is 4. The summed E-state index contributed by atoms with van der Waals surface area (Å²) in [6.07, 6.45) is 16.2. The quantitative estimate of drug-likeness (QED) is 0.612. The number of hydrogen-bond donors (Lipinski definition) is 1. The predicted octanol–water partition coefficient (Wildman–Crippen LogP) is 3.97. The summed E-state index contributed by atoms with van der Waals surface area (Å²) in [4.78, 5) is 18.3. The topological polar surface area (TPSA) is 69.6 Å². The Morgan fingerprint density at radius 1 is 1.00 bits per heavy atom. The van der Waals surface area contributed by atoms with Crippen molar-refractivity contribution in [1.82, 2.24) is 20.5 Å². The van der Waals surface area contributed by atoms with Crippen molar-refractivity contribution in [1.29, 1.82) is 0 Å². The average molecular weight is 502 g/mol. The summed E-state index contributed by atoms with van der Waals surface area (Å²) < 4.78 is 11.1. The highest BCUT2D eigenvalue weighted by Crippen LogP contribution is 2.47. The van der Waals surface area contributed by atoms with Gasteiger partial charge in [-0.2, -0.15) is 0 Å². The van der Waals surface area contributed by atoms with Crippen molar-refractivity contribution >= 4 is 17.7 Å². The second kappa shape index (κ2) is 9.74. The number of piperidine rings is 1. The van der Waals surface area contributed by atoms with Crippen molar-refractivity contribution in [3.8, 4) is 11.5 Å². The van der Waals surface area contributed by atoms with Crippen LogP contribution in [0.3, 0.4) is 0 Å². The van der Waals surface area contributed by atoms with E-state index in [1.807, 2.05) is 36.9 Å². The molecule has 1 fully saturated rings. The number of hydrogen-bond acceptors (Lipinski definition) is 8. The van der Waals surface area contributed by atoms with Gasteiger partial charge in [0.1, 0.15) is 23.5 Å². The molecule has 37 heavy (non-hydrogen) atoms. The molecule has 194 valence electrons. The van der Waals surface area contributed by atoms with E-state index in [1.54, 1.807) is 14.2 Å². The van der Waals surface area contributed by atoms with Crippen LogP contribution in [-0.2, 0) is 4.79 Å². The Morgan fingerprint density at radius 3 is 2.51 bits per heavy atom. The number of carbonyl (C=O) groups excluding carboxylic acids is 1. The number of nitrogens with one attached hydrogen (secondary N) is 1. The first kappa shape index (κ1) is 23.9.